The molecule has 9 nitrogen and oxygen atoms in total. The van der Waals surface area contributed by atoms with Gasteiger partial charge in [0, 0.05) is 50.0 Å². The first-order chi connectivity index (χ1) is 16.9. The lowest BCUT2D eigenvalue weighted by molar-refractivity contribution is -0.145. The van der Waals surface area contributed by atoms with E-state index >= 15 is 0 Å². The molecule has 2 heterocycles. The predicted octanol–water partition coefficient (Wildman–Crippen LogP) is 1.83. The standard InChI is InChI=1S/C25H30ClN5O4/c1-35-22-5-3-2-4-20(22)30-14-12-29(13-15-30)17-24(33)31-11-10-27-25(34)21(31)16-23(32)28-19-8-6-18(26)7-9-19/h2-9,21H,10-17H2,1H3,(H,27,34)(H,28,32)/t21-/m1/s1. The zero-order valence-corrected chi connectivity index (χ0v) is 20.5. The molecular formula is C25H30ClN5O4. The summed E-state index contributed by atoms with van der Waals surface area (Å²) in [5, 5.41) is 6.10. The summed E-state index contributed by atoms with van der Waals surface area (Å²) in [4.78, 5) is 44.2. The summed E-state index contributed by atoms with van der Waals surface area (Å²) >= 11 is 5.89. The monoisotopic (exact) mass is 499 g/mol. The summed E-state index contributed by atoms with van der Waals surface area (Å²) in [7, 11) is 1.66. The minimum absolute atomic E-state index is 0.109. The Bertz CT molecular complexity index is 1060. The molecule has 2 aliphatic heterocycles. The minimum Gasteiger partial charge on any atom is -0.495 e. The SMILES string of the molecule is COc1ccccc1N1CCN(CC(=O)N2CCNC(=O)[C@H]2CC(=O)Nc2ccc(Cl)cc2)CC1. The number of carbonyl (C=O) groups is 3. The average Bonchev–Trinajstić information content (AvgIpc) is 2.87. The van der Waals surface area contributed by atoms with E-state index in [4.69, 9.17) is 16.3 Å². The number of methoxy groups -OCH3 is 1. The number of ether oxygens (including phenoxy) is 1. The normalized spacial score (nSPS) is 18.7. The molecule has 2 aromatic carbocycles. The molecule has 2 N–H and O–H groups in total. The lowest BCUT2D eigenvalue weighted by Crippen LogP contribution is -2.60. The van der Waals surface area contributed by atoms with Crippen molar-refractivity contribution in [2.24, 2.45) is 0 Å². The van der Waals surface area contributed by atoms with Crippen molar-refractivity contribution in [2.45, 2.75) is 12.5 Å². The average molecular weight is 500 g/mol. The Labute approximate surface area is 210 Å². The summed E-state index contributed by atoms with van der Waals surface area (Å²) in [6.45, 7) is 3.92. The van der Waals surface area contributed by atoms with E-state index in [0.29, 0.717) is 36.9 Å². The first-order valence-electron chi connectivity index (χ1n) is 11.7. The molecule has 0 bridgehead atoms. The van der Waals surface area contributed by atoms with Gasteiger partial charge in [0.2, 0.25) is 17.7 Å². The molecule has 2 fully saturated rings. The molecule has 186 valence electrons. The molecule has 0 aromatic heterocycles. The summed E-state index contributed by atoms with van der Waals surface area (Å²) < 4.78 is 5.47. The molecule has 2 saturated heterocycles. The molecule has 0 aliphatic carbocycles. The molecule has 2 aliphatic rings. The third-order valence-electron chi connectivity index (χ3n) is 6.31. The van der Waals surface area contributed by atoms with Crippen molar-refractivity contribution >= 4 is 40.7 Å². The smallest absolute Gasteiger partial charge is 0.243 e. The van der Waals surface area contributed by atoms with Gasteiger partial charge in [-0.1, -0.05) is 23.7 Å². The van der Waals surface area contributed by atoms with E-state index in [0.717, 1.165) is 24.5 Å². The highest BCUT2D eigenvalue weighted by atomic mass is 35.5. The third-order valence-corrected chi connectivity index (χ3v) is 6.57. The van der Waals surface area contributed by atoms with E-state index in [-0.39, 0.29) is 30.7 Å². The summed E-state index contributed by atoms with van der Waals surface area (Å²) in [5.41, 5.74) is 1.63. The molecule has 10 heteroatoms. The van der Waals surface area contributed by atoms with Crippen LogP contribution >= 0.6 is 11.6 Å². The summed E-state index contributed by atoms with van der Waals surface area (Å²) in [6.07, 6.45) is -0.109. The van der Waals surface area contributed by atoms with Gasteiger partial charge in [0.1, 0.15) is 11.8 Å². The van der Waals surface area contributed by atoms with Gasteiger partial charge < -0.3 is 25.2 Å². The summed E-state index contributed by atoms with van der Waals surface area (Å²) in [5.74, 6) is 0.0420. The number of halogens is 1. The Kier molecular flexibility index (Phi) is 8.09. The number of carbonyl (C=O) groups excluding carboxylic acids is 3. The molecule has 0 unspecified atom stereocenters. The minimum atomic E-state index is -0.835. The lowest BCUT2D eigenvalue weighted by Gasteiger charge is -2.39. The van der Waals surface area contributed by atoms with Crippen molar-refractivity contribution in [3.8, 4) is 5.75 Å². The molecular weight excluding hydrogens is 470 g/mol. The zero-order chi connectivity index (χ0) is 24.8. The number of nitrogens with one attached hydrogen (secondary N) is 2. The fraction of sp³-hybridized carbons (Fsp3) is 0.400. The highest BCUT2D eigenvalue weighted by Crippen LogP contribution is 2.28. The Morgan fingerprint density at radius 2 is 1.77 bits per heavy atom. The Balaban J connectivity index is 1.33. The summed E-state index contributed by atoms with van der Waals surface area (Å²) in [6, 6.07) is 13.8. The maximum Gasteiger partial charge on any atom is 0.243 e. The zero-order valence-electron chi connectivity index (χ0n) is 19.7. The molecule has 3 amide bonds. The number of piperazine rings is 2. The molecule has 0 radical (unpaired) electrons. The van der Waals surface area contributed by atoms with Crippen molar-refractivity contribution in [2.75, 3.05) is 63.1 Å². The number of para-hydroxylation sites is 2. The number of benzene rings is 2. The Morgan fingerprint density at radius 1 is 1.06 bits per heavy atom. The Morgan fingerprint density at radius 3 is 2.49 bits per heavy atom. The number of hydrogen-bond donors (Lipinski definition) is 2. The maximum absolute atomic E-state index is 13.2. The van der Waals surface area contributed by atoms with Gasteiger partial charge in [0.25, 0.3) is 0 Å². The first kappa shape index (κ1) is 24.8. The number of anilines is 2. The van der Waals surface area contributed by atoms with Gasteiger partial charge >= 0.3 is 0 Å². The fourth-order valence-corrected chi connectivity index (χ4v) is 4.58. The molecule has 1 atom stereocenters. The Hall–Kier alpha value is -3.30. The largest absolute Gasteiger partial charge is 0.495 e. The van der Waals surface area contributed by atoms with E-state index in [1.54, 1.807) is 31.4 Å². The van der Waals surface area contributed by atoms with Crippen molar-refractivity contribution in [1.29, 1.82) is 0 Å². The van der Waals surface area contributed by atoms with Crippen LogP contribution in [0.25, 0.3) is 0 Å². The van der Waals surface area contributed by atoms with E-state index in [2.05, 4.69) is 20.4 Å². The van der Waals surface area contributed by atoms with Gasteiger partial charge in [0.05, 0.1) is 25.8 Å². The second-order valence-corrected chi connectivity index (χ2v) is 9.02. The second-order valence-electron chi connectivity index (χ2n) is 8.59. The molecule has 0 saturated carbocycles. The van der Waals surface area contributed by atoms with Crippen LogP contribution in [-0.2, 0) is 14.4 Å². The van der Waals surface area contributed by atoms with Gasteiger partial charge in [0.15, 0.2) is 0 Å². The lowest BCUT2D eigenvalue weighted by atomic mass is 10.1. The van der Waals surface area contributed by atoms with E-state index in [1.165, 1.54) is 4.90 Å². The fourth-order valence-electron chi connectivity index (χ4n) is 4.46. The van der Waals surface area contributed by atoms with Crippen LogP contribution in [0.3, 0.4) is 0 Å². The van der Waals surface area contributed by atoms with Gasteiger partial charge in [-0.25, -0.2) is 0 Å². The number of rotatable bonds is 7. The molecule has 2 aromatic rings. The van der Waals surface area contributed by atoms with Crippen molar-refractivity contribution in [1.82, 2.24) is 15.1 Å². The maximum atomic E-state index is 13.2. The van der Waals surface area contributed by atoms with Crippen LogP contribution < -0.4 is 20.3 Å². The topological polar surface area (TPSA) is 94.2 Å². The van der Waals surface area contributed by atoms with Crippen LogP contribution in [0, 0.1) is 0 Å². The second kappa shape index (κ2) is 11.4. The van der Waals surface area contributed by atoms with Crippen LogP contribution in [0.5, 0.6) is 5.75 Å². The quantitative estimate of drug-likeness (QED) is 0.603. The van der Waals surface area contributed by atoms with Gasteiger partial charge in [-0.05, 0) is 36.4 Å². The molecule has 4 rings (SSSR count). The van der Waals surface area contributed by atoms with Crippen LogP contribution in [0.4, 0.5) is 11.4 Å². The highest BCUT2D eigenvalue weighted by molar-refractivity contribution is 6.30. The van der Waals surface area contributed by atoms with Gasteiger partial charge in [-0.15, -0.1) is 0 Å². The molecule has 35 heavy (non-hydrogen) atoms. The van der Waals surface area contributed by atoms with Gasteiger partial charge in [-0.3, -0.25) is 19.3 Å². The first-order valence-corrected chi connectivity index (χ1v) is 12.1. The third kappa shape index (κ3) is 6.23. The highest BCUT2D eigenvalue weighted by Gasteiger charge is 2.35. The van der Waals surface area contributed by atoms with E-state index in [9.17, 15) is 14.4 Å². The van der Waals surface area contributed by atoms with Crippen LogP contribution in [0.15, 0.2) is 48.5 Å². The van der Waals surface area contributed by atoms with Crippen LogP contribution in [0.2, 0.25) is 5.02 Å². The number of amides is 3. The predicted molar refractivity (Wildman–Crippen MR) is 135 cm³/mol. The molecule has 0 spiro atoms. The van der Waals surface area contributed by atoms with E-state index in [1.807, 2.05) is 24.3 Å². The van der Waals surface area contributed by atoms with E-state index < -0.39 is 6.04 Å². The number of nitrogens with zero attached hydrogens (tertiary/aromatic N) is 3. The number of hydrogen-bond acceptors (Lipinski definition) is 6. The van der Waals surface area contributed by atoms with Crippen molar-refractivity contribution in [3.63, 3.8) is 0 Å². The van der Waals surface area contributed by atoms with Crippen LogP contribution in [-0.4, -0.2) is 86.5 Å². The van der Waals surface area contributed by atoms with Crippen LogP contribution in [0.1, 0.15) is 6.42 Å². The van der Waals surface area contributed by atoms with Crippen molar-refractivity contribution in [3.05, 3.63) is 53.6 Å². The van der Waals surface area contributed by atoms with Crippen molar-refractivity contribution < 1.29 is 19.1 Å². The van der Waals surface area contributed by atoms with Gasteiger partial charge in [-0.2, -0.15) is 0 Å².